The molecule has 0 aliphatic heterocycles. The van der Waals surface area contributed by atoms with E-state index in [4.69, 9.17) is 9.47 Å². The molecule has 0 spiro atoms. The molecule has 0 aliphatic carbocycles. The fourth-order valence-corrected chi connectivity index (χ4v) is 3.06. The van der Waals surface area contributed by atoms with E-state index in [9.17, 15) is 9.18 Å². The van der Waals surface area contributed by atoms with Gasteiger partial charge in [-0.1, -0.05) is 23.9 Å². The van der Waals surface area contributed by atoms with Crippen LogP contribution in [0.15, 0.2) is 47.6 Å². The Bertz CT molecular complexity index is 932. The van der Waals surface area contributed by atoms with Crippen molar-refractivity contribution in [2.45, 2.75) is 5.16 Å². The van der Waals surface area contributed by atoms with E-state index in [0.29, 0.717) is 22.3 Å². The molecule has 0 fully saturated rings. The largest absolute Gasteiger partial charge is 0.493 e. The molecule has 26 heavy (non-hydrogen) atoms. The van der Waals surface area contributed by atoms with Crippen molar-refractivity contribution in [1.29, 1.82) is 0 Å². The second-order valence-corrected chi connectivity index (χ2v) is 6.05. The van der Waals surface area contributed by atoms with Gasteiger partial charge in [0.2, 0.25) is 5.16 Å². The monoisotopic (exact) mass is 374 g/mol. The van der Waals surface area contributed by atoms with Crippen LogP contribution in [0.2, 0.25) is 0 Å². The zero-order valence-electron chi connectivity index (χ0n) is 14.0. The van der Waals surface area contributed by atoms with Gasteiger partial charge in [0.15, 0.2) is 17.3 Å². The van der Waals surface area contributed by atoms with Gasteiger partial charge in [-0.2, -0.15) is 4.68 Å². The van der Waals surface area contributed by atoms with Gasteiger partial charge in [-0.05, 0) is 34.7 Å². The zero-order chi connectivity index (χ0) is 18.5. The number of aromatic nitrogens is 4. The first-order valence-electron chi connectivity index (χ1n) is 7.55. The topological polar surface area (TPSA) is 79.1 Å². The van der Waals surface area contributed by atoms with Crippen molar-refractivity contribution in [2.24, 2.45) is 0 Å². The summed E-state index contributed by atoms with van der Waals surface area (Å²) < 4.78 is 25.7. The normalized spacial score (nSPS) is 10.6. The second kappa shape index (κ2) is 7.96. The highest BCUT2D eigenvalue weighted by atomic mass is 32.2. The number of tetrazole rings is 1. The molecule has 134 valence electrons. The zero-order valence-corrected chi connectivity index (χ0v) is 14.9. The summed E-state index contributed by atoms with van der Waals surface area (Å²) in [5.74, 6) is 0.230. The molecular formula is C17H15FN4O3S. The maximum Gasteiger partial charge on any atom is 0.214 e. The average molecular weight is 374 g/mol. The molecule has 0 N–H and O–H groups in total. The number of Topliss-reactive ketones (excluding diaryl/α,β-unsaturated/α-hetero) is 1. The lowest BCUT2D eigenvalue weighted by Gasteiger charge is -2.10. The van der Waals surface area contributed by atoms with Crippen molar-refractivity contribution in [3.8, 4) is 17.2 Å². The van der Waals surface area contributed by atoms with Crippen LogP contribution in [0.25, 0.3) is 5.69 Å². The van der Waals surface area contributed by atoms with Gasteiger partial charge in [-0.25, -0.2) is 4.39 Å². The van der Waals surface area contributed by atoms with Crippen LogP contribution in [0.1, 0.15) is 10.4 Å². The molecule has 9 heteroatoms. The summed E-state index contributed by atoms with van der Waals surface area (Å²) >= 11 is 1.12. The van der Waals surface area contributed by atoms with Crippen LogP contribution in [0, 0.1) is 5.82 Å². The van der Waals surface area contributed by atoms with Crippen molar-refractivity contribution in [3.05, 3.63) is 53.8 Å². The van der Waals surface area contributed by atoms with Gasteiger partial charge in [0.05, 0.1) is 31.2 Å². The Balaban J connectivity index is 1.79. The van der Waals surface area contributed by atoms with Gasteiger partial charge >= 0.3 is 0 Å². The van der Waals surface area contributed by atoms with Crippen LogP contribution in [-0.4, -0.2) is 46.0 Å². The molecular weight excluding hydrogens is 359 g/mol. The van der Waals surface area contributed by atoms with Crippen LogP contribution in [0.4, 0.5) is 4.39 Å². The van der Waals surface area contributed by atoms with Gasteiger partial charge in [-0.3, -0.25) is 4.79 Å². The van der Waals surface area contributed by atoms with E-state index in [1.165, 1.54) is 30.0 Å². The van der Waals surface area contributed by atoms with Crippen LogP contribution in [0.3, 0.4) is 0 Å². The Labute approximate surface area is 153 Å². The number of nitrogens with zero attached hydrogens (tertiary/aromatic N) is 4. The van der Waals surface area contributed by atoms with Crippen molar-refractivity contribution >= 4 is 17.5 Å². The number of ketones is 1. The van der Waals surface area contributed by atoms with Gasteiger partial charge in [0, 0.05) is 6.07 Å². The highest BCUT2D eigenvalue weighted by Crippen LogP contribution is 2.30. The lowest BCUT2D eigenvalue weighted by atomic mass is 10.1. The molecule has 1 aromatic heterocycles. The number of carbonyl (C=O) groups is 1. The van der Waals surface area contributed by atoms with Gasteiger partial charge in [0.1, 0.15) is 5.82 Å². The van der Waals surface area contributed by atoms with E-state index >= 15 is 0 Å². The predicted molar refractivity (Wildman–Crippen MR) is 93.7 cm³/mol. The number of thioether (sulfide) groups is 1. The van der Waals surface area contributed by atoms with Crippen LogP contribution >= 0.6 is 11.8 Å². The van der Waals surface area contributed by atoms with E-state index in [2.05, 4.69) is 15.5 Å². The highest BCUT2D eigenvalue weighted by molar-refractivity contribution is 7.99. The summed E-state index contributed by atoms with van der Waals surface area (Å²) in [4.78, 5) is 12.2. The minimum absolute atomic E-state index is 0.00853. The van der Waals surface area contributed by atoms with Crippen LogP contribution in [-0.2, 0) is 0 Å². The van der Waals surface area contributed by atoms with E-state index in [1.807, 2.05) is 0 Å². The number of carbonyl (C=O) groups excluding carboxylic acids is 1. The molecule has 0 radical (unpaired) electrons. The molecule has 1 heterocycles. The van der Waals surface area contributed by atoms with Crippen LogP contribution in [0.5, 0.6) is 11.5 Å². The second-order valence-electron chi connectivity index (χ2n) is 5.10. The number of hydrogen-bond donors (Lipinski definition) is 0. The first kappa shape index (κ1) is 17.9. The molecule has 7 nitrogen and oxygen atoms in total. The van der Waals surface area contributed by atoms with E-state index in [0.717, 1.165) is 11.8 Å². The lowest BCUT2D eigenvalue weighted by molar-refractivity contribution is 0.101. The maximum atomic E-state index is 13.7. The average Bonchev–Trinajstić information content (AvgIpc) is 3.14. The van der Waals surface area contributed by atoms with Crippen molar-refractivity contribution in [2.75, 3.05) is 20.0 Å². The Hall–Kier alpha value is -2.94. The summed E-state index contributed by atoms with van der Waals surface area (Å²) in [5, 5.41) is 11.9. The highest BCUT2D eigenvalue weighted by Gasteiger charge is 2.16. The minimum Gasteiger partial charge on any atom is -0.493 e. The smallest absolute Gasteiger partial charge is 0.214 e. The minimum atomic E-state index is -0.544. The summed E-state index contributed by atoms with van der Waals surface area (Å²) in [6.07, 6.45) is 0. The Kier molecular flexibility index (Phi) is 5.47. The first-order valence-corrected chi connectivity index (χ1v) is 8.54. The van der Waals surface area contributed by atoms with Gasteiger partial charge in [0.25, 0.3) is 0 Å². The fraction of sp³-hybridized carbons (Fsp3) is 0.176. The third kappa shape index (κ3) is 3.67. The molecule has 0 atom stereocenters. The summed E-state index contributed by atoms with van der Waals surface area (Å²) in [6.45, 7) is 0. The number of halogens is 1. The van der Waals surface area contributed by atoms with E-state index < -0.39 is 5.82 Å². The van der Waals surface area contributed by atoms with Crippen molar-refractivity contribution < 1.29 is 18.7 Å². The number of rotatable bonds is 7. The molecule has 2 aromatic carbocycles. The molecule has 0 amide bonds. The molecule has 0 saturated carbocycles. The molecule has 0 aliphatic rings. The lowest BCUT2D eigenvalue weighted by Crippen LogP contribution is -2.07. The number of ether oxygens (including phenoxy) is 2. The quantitative estimate of drug-likeness (QED) is 0.465. The van der Waals surface area contributed by atoms with E-state index in [1.54, 1.807) is 31.4 Å². The summed E-state index contributed by atoms with van der Waals surface area (Å²) in [7, 11) is 3.08. The molecule has 0 bridgehead atoms. The van der Waals surface area contributed by atoms with Crippen molar-refractivity contribution in [1.82, 2.24) is 20.2 Å². The Morgan fingerprint density at radius 2 is 1.92 bits per heavy atom. The first-order chi connectivity index (χ1) is 12.6. The standard InChI is InChI=1S/C17H15FN4O3S/c1-24-15-8-7-11(9-16(15)25-2)22-17(19-20-21-22)26-10-14(23)12-5-3-4-6-13(12)18/h3-9H,10H2,1-2H3. The summed E-state index contributed by atoms with van der Waals surface area (Å²) in [5.41, 5.74) is 0.693. The SMILES string of the molecule is COc1ccc(-n2nnnc2SCC(=O)c2ccccc2F)cc1OC. The van der Waals surface area contributed by atoms with Gasteiger partial charge < -0.3 is 9.47 Å². The van der Waals surface area contributed by atoms with Crippen LogP contribution < -0.4 is 9.47 Å². The molecule has 0 unspecified atom stereocenters. The van der Waals surface area contributed by atoms with Crippen molar-refractivity contribution in [3.63, 3.8) is 0 Å². The Morgan fingerprint density at radius 3 is 2.65 bits per heavy atom. The molecule has 3 rings (SSSR count). The van der Waals surface area contributed by atoms with Gasteiger partial charge in [-0.15, -0.1) is 5.10 Å². The third-order valence-corrected chi connectivity index (χ3v) is 4.48. The maximum absolute atomic E-state index is 13.7. The summed E-state index contributed by atoms with van der Waals surface area (Å²) in [6, 6.07) is 11.1. The van der Waals surface area contributed by atoms with E-state index in [-0.39, 0.29) is 17.1 Å². The third-order valence-electron chi connectivity index (χ3n) is 3.56. The number of methoxy groups -OCH3 is 2. The molecule has 0 saturated heterocycles. The fourth-order valence-electron chi connectivity index (χ4n) is 2.28. The molecule has 3 aromatic rings. The number of benzene rings is 2. The predicted octanol–water partition coefficient (Wildman–Crippen LogP) is 2.79. The Morgan fingerprint density at radius 1 is 1.15 bits per heavy atom. The number of hydrogen-bond acceptors (Lipinski definition) is 7.